The van der Waals surface area contributed by atoms with Crippen LogP contribution in [-0.2, 0) is 4.79 Å². The van der Waals surface area contributed by atoms with Crippen molar-refractivity contribution in [3.63, 3.8) is 0 Å². The van der Waals surface area contributed by atoms with Crippen molar-refractivity contribution in [2.75, 3.05) is 24.5 Å². The maximum atomic E-state index is 12.1. The van der Waals surface area contributed by atoms with E-state index in [1.54, 1.807) is 0 Å². The summed E-state index contributed by atoms with van der Waals surface area (Å²) in [6, 6.07) is 4.02. The first-order chi connectivity index (χ1) is 12.8. The van der Waals surface area contributed by atoms with Crippen LogP contribution in [0.4, 0.5) is 5.82 Å². The van der Waals surface area contributed by atoms with Crippen LogP contribution in [0.1, 0.15) is 43.8 Å². The Morgan fingerprint density at radius 2 is 1.96 bits per heavy atom. The van der Waals surface area contributed by atoms with Gasteiger partial charge in [-0.1, -0.05) is 18.6 Å². The van der Waals surface area contributed by atoms with Crippen molar-refractivity contribution in [3.05, 3.63) is 30.1 Å². The second-order valence-corrected chi connectivity index (χ2v) is 7.80. The Morgan fingerprint density at radius 3 is 2.69 bits per heavy atom. The standard InChI is InChI=1S/C19H24N6O/c26-19(15-4-1-2-5-15)20-10-13-11-24(12-13)17-9-8-16-21-22-18(25(16)23-17)14-6-3-7-14/h1-2,8-9,13-15H,3-7,10-12H2,(H,20,26). The molecular weight excluding hydrogens is 328 g/mol. The number of rotatable bonds is 5. The number of fused-ring (bicyclic) bond motifs is 1. The van der Waals surface area contributed by atoms with E-state index in [2.05, 4.69) is 32.6 Å². The minimum absolute atomic E-state index is 0.147. The van der Waals surface area contributed by atoms with E-state index < -0.39 is 0 Å². The summed E-state index contributed by atoms with van der Waals surface area (Å²) >= 11 is 0. The topological polar surface area (TPSA) is 75.4 Å². The second-order valence-electron chi connectivity index (χ2n) is 7.80. The number of nitrogens with zero attached hydrogens (tertiary/aromatic N) is 5. The lowest BCUT2D eigenvalue weighted by Gasteiger charge is -2.40. The Bertz CT molecular complexity index is 841. The highest BCUT2D eigenvalue weighted by Gasteiger charge is 2.30. The molecule has 0 bridgehead atoms. The van der Waals surface area contributed by atoms with E-state index >= 15 is 0 Å². The van der Waals surface area contributed by atoms with Gasteiger partial charge in [-0.2, -0.15) is 4.52 Å². The fourth-order valence-electron chi connectivity index (χ4n) is 3.99. The van der Waals surface area contributed by atoms with Gasteiger partial charge < -0.3 is 10.2 Å². The number of carbonyl (C=O) groups excluding carboxylic acids is 1. The largest absolute Gasteiger partial charge is 0.355 e. The molecule has 1 aliphatic heterocycles. The van der Waals surface area contributed by atoms with Crippen molar-refractivity contribution >= 4 is 17.4 Å². The van der Waals surface area contributed by atoms with Crippen LogP contribution in [-0.4, -0.2) is 45.4 Å². The molecule has 0 unspecified atom stereocenters. The molecule has 0 radical (unpaired) electrons. The first-order valence-electron chi connectivity index (χ1n) is 9.68. The van der Waals surface area contributed by atoms with Crippen LogP contribution in [0.2, 0.25) is 0 Å². The number of nitrogens with one attached hydrogen (secondary N) is 1. The third-order valence-corrected chi connectivity index (χ3v) is 5.97. The molecule has 3 heterocycles. The van der Waals surface area contributed by atoms with Crippen LogP contribution in [0.3, 0.4) is 0 Å². The lowest BCUT2D eigenvalue weighted by Crippen LogP contribution is -2.52. The van der Waals surface area contributed by atoms with Crippen LogP contribution in [0.25, 0.3) is 5.65 Å². The third kappa shape index (κ3) is 2.75. The van der Waals surface area contributed by atoms with Gasteiger partial charge in [-0.15, -0.1) is 15.3 Å². The molecule has 2 fully saturated rings. The van der Waals surface area contributed by atoms with E-state index in [0.29, 0.717) is 11.8 Å². The number of hydrogen-bond acceptors (Lipinski definition) is 5. The summed E-state index contributed by atoms with van der Waals surface area (Å²) in [4.78, 5) is 14.4. The highest BCUT2D eigenvalue weighted by Crippen LogP contribution is 2.35. The maximum absolute atomic E-state index is 12.1. The van der Waals surface area contributed by atoms with Crippen molar-refractivity contribution in [2.24, 2.45) is 11.8 Å². The van der Waals surface area contributed by atoms with E-state index in [9.17, 15) is 4.79 Å². The Labute approximate surface area is 152 Å². The zero-order valence-electron chi connectivity index (χ0n) is 14.8. The third-order valence-electron chi connectivity index (χ3n) is 5.97. The molecule has 26 heavy (non-hydrogen) atoms. The molecule has 2 aromatic rings. The molecule has 1 saturated carbocycles. The Morgan fingerprint density at radius 1 is 1.15 bits per heavy atom. The molecule has 0 atom stereocenters. The smallest absolute Gasteiger partial charge is 0.223 e. The van der Waals surface area contributed by atoms with E-state index in [-0.39, 0.29) is 11.8 Å². The summed E-state index contributed by atoms with van der Waals surface area (Å²) in [7, 11) is 0. The molecule has 2 aliphatic carbocycles. The molecule has 1 saturated heterocycles. The van der Waals surface area contributed by atoms with Crippen molar-refractivity contribution in [1.29, 1.82) is 0 Å². The van der Waals surface area contributed by atoms with E-state index in [1.807, 2.05) is 16.6 Å². The summed E-state index contributed by atoms with van der Waals surface area (Å²) in [6.07, 6.45) is 9.61. The summed E-state index contributed by atoms with van der Waals surface area (Å²) in [6.45, 7) is 2.62. The number of hydrogen-bond donors (Lipinski definition) is 1. The van der Waals surface area contributed by atoms with Gasteiger partial charge in [0.05, 0.1) is 0 Å². The van der Waals surface area contributed by atoms with Gasteiger partial charge in [0.15, 0.2) is 11.5 Å². The molecule has 1 amide bonds. The monoisotopic (exact) mass is 352 g/mol. The molecular formula is C19H24N6O. The van der Waals surface area contributed by atoms with Crippen LogP contribution >= 0.6 is 0 Å². The Kier molecular flexibility index (Phi) is 3.87. The van der Waals surface area contributed by atoms with Crippen LogP contribution < -0.4 is 10.2 Å². The molecule has 3 aliphatic rings. The fraction of sp³-hybridized carbons (Fsp3) is 0.579. The van der Waals surface area contributed by atoms with Crippen molar-refractivity contribution < 1.29 is 4.79 Å². The summed E-state index contributed by atoms with van der Waals surface area (Å²) in [5, 5.41) is 16.5. The van der Waals surface area contributed by atoms with Gasteiger partial charge in [-0.25, -0.2) is 0 Å². The van der Waals surface area contributed by atoms with Gasteiger partial charge >= 0.3 is 0 Å². The fourth-order valence-corrected chi connectivity index (χ4v) is 3.99. The van der Waals surface area contributed by atoms with Crippen molar-refractivity contribution in [1.82, 2.24) is 25.1 Å². The van der Waals surface area contributed by atoms with Gasteiger partial charge in [0.1, 0.15) is 5.82 Å². The lowest BCUT2D eigenvalue weighted by molar-refractivity contribution is -0.124. The minimum Gasteiger partial charge on any atom is -0.355 e. The molecule has 5 rings (SSSR count). The molecule has 2 aromatic heterocycles. The van der Waals surface area contributed by atoms with Crippen LogP contribution in [0.5, 0.6) is 0 Å². The van der Waals surface area contributed by atoms with Gasteiger partial charge in [0.25, 0.3) is 0 Å². The van der Waals surface area contributed by atoms with E-state index in [4.69, 9.17) is 5.10 Å². The summed E-state index contributed by atoms with van der Waals surface area (Å²) < 4.78 is 1.92. The highest BCUT2D eigenvalue weighted by atomic mass is 16.1. The highest BCUT2D eigenvalue weighted by molar-refractivity contribution is 5.79. The van der Waals surface area contributed by atoms with Gasteiger partial charge in [0.2, 0.25) is 5.91 Å². The first-order valence-corrected chi connectivity index (χ1v) is 9.68. The van der Waals surface area contributed by atoms with Gasteiger partial charge in [-0.3, -0.25) is 4.79 Å². The predicted octanol–water partition coefficient (Wildman–Crippen LogP) is 1.91. The molecule has 7 heteroatoms. The minimum atomic E-state index is 0.147. The lowest BCUT2D eigenvalue weighted by atomic mass is 9.85. The van der Waals surface area contributed by atoms with Gasteiger partial charge in [-0.05, 0) is 37.8 Å². The van der Waals surface area contributed by atoms with Crippen LogP contribution in [0, 0.1) is 11.8 Å². The number of allylic oxidation sites excluding steroid dienone is 2. The number of carbonyl (C=O) groups is 1. The Hall–Kier alpha value is -2.44. The quantitative estimate of drug-likeness (QED) is 0.832. The Balaban J connectivity index is 1.18. The van der Waals surface area contributed by atoms with E-state index in [0.717, 1.165) is 49.8 Å². The molecule has 0 aromatic carbocycles. The van der Waals surface area contributed by atoms with Crippen molar-refractivity contribution in [3.8, 4) is 0 Å². The summed E-state index contributed by atoms with van der Waals surface area (Å²) in [5.74, 6) is 3.33. The van der Waals surface area contributed by atoms with Gasteiger partial charge in [0, 0.05) is 37.4 Å². The maximum Gasteiger partial charge on any atom is 0.223 e. The zero-order valence-corrected chi connectivity index (χ0v) is 14.8. The van der Waals surface area contributed by atoms with Crippen molar-refractivity contribution in [2.45, 2.75) is 38.0 Å². The molecule has 136 valence electrons. The average Bonchev–Trinajstić information content (AvgIpc) is 3.22. The predicted molar refractivity (Wildman–Crippen MR) is 98.0 cm³/mol. The van der Waals surface area contributed by atoms with E-state index in [1.165, 1.54) is 19.3 Å². The molecule has 7 nitrogen and oxygen atoms in total. The zero-order chi connectivity index (χ0) is 17.5. The SMILES string of the molecule is O=C(NCC1CN(c2ccc3nnc(C4CCC4)n3n2)C1)C1CC=CC1. The molecule has 1 N–H and O–H groups in total. The number of anilines is 1. The molecule has 0 spiro atoms. The average molecular weight is 352 g/mol. The van der Waals surface area contributed by atoms with Crippen LogP contribution in [0.15, 0.2) is 24.3 Å². The second kappa shape index (κ2) is 6.37. The number of amides is 1. The number of aromatic nitrogens is 4. The normalized spacial score (nSPS) is 21.2. The summed E-state index contributed by atoms with van der Waals surface area (Å²) in [5.41, 5.74) is 0.824. The first kappa shape index (κ1) is 15.8.